The van der Waals surface area contributed by atoms with Crippen molar-refractivity contribution in [2.24, 2.45) is 5.92 Å². The second-order valence-corrected chi connectivity index (χ2v) is 8.88. The average molecular weight is 506 g/mol. The molecular weight excluding hydrogens is 484 g/mol. The van der Waals surface area contributed by atoms with Crippen LogP contribution < -0.4 is 16.1 Å². The summed E-state index contributed by atoms with van der Waals surface area (Å²) in [5.41, 5.74) is 4.71. The van der Waals surface area contributed by atoms with E-state index in [4.69, 9.17) is 11.6 Å². The third kappa shape index (κ3) is 5.45. The van der Waals surface area contributed by atoms with Gasteiger partial charge in [-0.15, -0.1) is 0 Å². The number of carbonyl (C=O) groups excluding carboxylic acids is 3. The van der Waals surface area contributed by atoms with E-state index in [2.05, 4.69) is 32.0 Å². The van der Waals surface area contributed by atoms with Crippen LogP contribution in [-0.2, 0) is 9.59 Å². The molecule has 3 amide bonds. The van der Waals surface area contributed by atoms with E-state index in [-0.39, 0.29) is 11.6 Å². The number of fused-ring (bicyclic) bond motifs is 1. The number of nitrogens with one attached hydrogen (secondary N) is 3. The highest BCUT2D eigenvalue weighted by atomic mass is 79.9. The van der Waals surface area contributed by atoms with Crippen molar-refractivity contribution < 1.29 is 14.4 Å². The molecule has 0 aliphatic rings. The topological polar surface area (TPSA) is 92.2 Å². The SMILES string of the molecule is Cc1cc(Br)ccc1NC(=O)c1cc2cc(Cl)ccc2n1NC(=O)C(=O)NCC(C)C. The molecule has 0 radical (unpaired) electrons. The number of aryl methyl sites for hydroxylation is 1. The highest BCUT2D eigenvalue weighted by Crippen LogP contribution is 2.25. The number of hydrogen-bond donors (Lipinski definition) is 3. The van der Waals surface area contributed by atoms with Crippen molar-refractivity contribution in [3.8, 4) is 0 Å². The van der Waals surface area contributed by atoms with E-state index in [1.54, 1.807) is 30.3 Å². The van der Waals surface area contributed by atoms with Gasteiger partial charge >= 0.3 is 11.8 Å². The van der Waals surface area contributed by atoms with Crippen molar-refractivity contribution in [2.45, 2.75) is 20.8 Å². The Bertz CT molecular complexity index is 1170. The minimum Gasteiger partial charge on any atom is -0.348 e. The number of nitrogens with zero attached hydrogens (tertiary/aromatic N) is 1. The maximum absolute atomic E-state index is 13.1. The Labute approximate surface area is 193 Å². The van der Waals surface area contributed by atoms with Gasteiger partial charge in [0.1, 0.15) is 5.69 Å². The highest BCUT2D eigenvalue weighted by molar-refractivity contribution is 9.10. The van der Waals surface area contributed by atoms with Gasteiger partial charge < -0.3 is 10.6 Å². The fraction of sp³-hybridized carbons (Fsp3) is 0.227. The van der Waals surface area contributed by atoms with Crippen molar-refractivity contribution in [2.75, 3.05) is 17.3 Å². The average Bonchev–Trinajstić information content (AvgIpc) is 3.05. The Morgan fingerprint density at radius 1 is 1.06 bits per heavy atom. The first-order chi connectivity index (χ1) is 14.7. The van der Waals surface area contributed by atoms with Crippen LogP contribution in [-0.4, -0.2) is 28.9 Å². The molecule has 0 saturated heterocycles. The number of amides is 3. The van der Waals surface area contributed by atoms with Gasteiger partial charge in [-0.2, -0.15) is 0 Å². The van der Waals surface area contributed by atoms with Gasteiger partial charge in [-0.05, 0) is 60.9 Å². The number of rotatable bonds is 5. The fourth-order valence-corrected chi connectivity index (χ4v) is 3.61. The zero-order valence-corrected chi connectivity index (χ0v) is 19.6. The fourth-order valence-electron chi connectivity index (χ4n) is 2.96. The van der Waals surface area contributed by atoms with Crippen LogP contribution in [0.15, 0.2) is 46.9 Å². The van der Waals surface area contributed by atoms with Gasteiger partial charge in [0.2, 0.25) is 0 Å². The summed E-state index contributed by atoms with van der Waals surface area (Å²) < 4.78 is 2.19. The summed E-state index contributed by atoms with van der Waals surface area (Å²) in [4.78, 5) is 37.7. The van der Waals surface area contributed by atoms with Gasteiger partial charge in [-0.25, -0.2) is 4.68 Å². The zero-order valence-electron chi connectivity index (χ0n) is 17.3. The van der Waals surface area contributed by atoms with Crippen LogP contribution >= 0.6 is 27.5 Å². The van der Waals surface area contributed by atoms with E-state index in [0.717, 1.165) is 10.0 Å². The van der Waals surface area contributed by atoms with E-state index in [9.17, 15) is 14.4 Å². The highest BCUT2D eigenvalue weighted by Gasteiger charge is 2.21. The maximum atomic E-state index is 13.1. The predicted octanol–water partition coefficient (Wildman–Crippen LogP) is 4.46. The van der Waals surface area contributed by atoms with Crippen LogP contribution in [0.2, 0.25) is 5.02 Å². The van der Waals surface area contributed by atoms with Crippen molar-refractivity contribution in [3.05, 3.63) is 63.2 Å². The quantitative estimate of drug-likeness (QED) is 0.447. The Hall–Kier alpha value is -2.84. The number of carbonyl (C=O) groups is 3. The normalized spacial score (nSPS) is 10.9. The number of anilines is 1. The van der Waals surface area contributed by atoms with E-state index in [1.807, 2.05) is 32.9 Å². The summed E-state index contributed by atoms with van der Waals surface area (Å²) in [5, 5.41) is 6.54. The lowest BCUT2D eigenvalue weighted by Crippen LogP contribution is -2.41. The largest absolute Gasteiger partial charge is 0.348 e. The Morgan fingerprint density at radius 3 is 2.48 bits per heavy atom. The number of halogens is 2. The second-order valence-electron chi connectivity index (χ2n) is 7.53. The maximum Gasteiger partial charge on any atom is 0.328 e. The lowest BCUT2D eigenvalue weighted by molar-refractivity contribution is -0.136. The molecule has 2 aromatic carbocycles. The molecule has 1 heterocycles. The molecular formula is C22H22BrClN4O3. The molecule has 0 spiro atoms. The van der Waals surface area contributed by atoms with Gasteiger partial charge in [-0.1, -0.05) is 41.4 Å². The van der Waals surface area contributed by atoms with Crippen molar-refractivity contribution >= 4 is 61.8 Å². The van der Waals surface area contributed by atoms with Gasteiger partial charge in [0, 0.05) is 27.1 Å². The molecule has 3 aromatic rings. The van der Waals surface area contributed by atoms with Gasteiger partial charge in [-0.3, -0.25) is 19.8 Å². The molecule has 3 rings (SSSR count). The number of benzene rings is 2. The van der Waals surface area contributed by atoms with E-state index in [1.165, 1.54) is 4.68 Å². The Balaban J connectivity index is 1.94. The molecule has 1 aromatic heterocycles. The molecule has 9 heteroatoms. The zero-order chi connectivity index (χ0) is 22.7. The predicted molar refractivity (Wildman–Crippen MR) is 126 cm³/mol. The van der Waals surface area contributed by atoms with Crippen molar-refractivity contribution in [1.29, 1.82) is 0 Å². The standard InChI is InChI=1S/C22H22BrClN4O3/c1-12(2)11-25-21(30)22(31)27-28-18-7-5-16(24)9-14(18)10-19(28)20(29)26-17-6-4-15(23)8-13(17)3/h4-10,12H,11H2,1-3H3,(H,25,30)(H,26,29)(H,27,31). The smallest absolute Gasteiger partial charge is 0.328 e. The molecule has 7 nitrogen and oxygen atoms in total. The summed E-state index contributed by atoms with van der Waals surface area (Å²) in [6.45, 7) is 6.09. The summed E-state index contributed by atoms with van der Waals surface area (Å²) in [7, 11) is 0. The third-order valence-electron chi connectivity index (χ3n) is 4.52. The monoisotopic (exact) mass is 504 g/mol. The van der Waals surface area contributed by atoms with Crippen LogP contribution in [0.5, 0.6) is 0 Å². The van der Waals surface area contributed by atoms with Crippen molar-refractivity contribution in [1.82, 2.24) is 9.99 Å². The molecule has 0 saturated carbocycles. The minimum atomic E-state index is -0.873. The molecule has 0 atom stereocenters. The first-order valence-electron chi connectivity index (χ1n) is 9.63. The molecule has 0 aliphatic carbocycles. The van der Waals surface area contributed by atoms with Crippen LogP contribution in [0.25, 0.3) is 10.9 Å². The van der Waals surface area contributed by atoms with Crippen LogP contribution in [0.1, 0.15) is 29.9 Å². The van der Waals surface area contributed by atoms with E-state index < -0.39 is 17.7 Å². The first-order valence-corrected chi connectivity index (χ1v) is 10.8. The second kappa shape index (κ2) is 9.53. The number of hydrogen-bond acceptors (Lipinski definition) is 3. The lowest BCUT2D eigenvalue weighted by atomic mass is 10.2. The van der Waals surface area contributed by atoms with E-state index in [0.29, 0.717) is 28.2 Å². The summed E-state index contributed by atoms with van der Waals surface area (Å²) in [5.74, 6) is -1.90. The molecule has 0 unspecified atom stereocenters. The van der Waals surface area contributed by atoms with Crippen LogP contribution in [0.4, 0.5) is 5.69 Å². The van der Waals surface area contributed by atoms with E-state index >= 15 is 0 Å². The van der Waals surface area contributed by atoms with Crippen molar-refractivity contribution in [3.63, 3.8) is 0 Å². The summed E-state index contributed by atoms with van der Waals surface area (Å²) in [6.07, 6.45) is 0. The lowest BCUT2D eigenvalue weighted by Gasteiger charge is -2.14. The molecule has 3 N–H and O–H groups in total. The molecule has 0 fully saturated rings. The minimum absolute atomic E-state index is 0.157. The molecule has 0 bridgehead atoms. The first kappa shape index (κ1) is 22.8. The summed E-state index contributed by atoms with van der Waals surface area (Å²) >= 11 is 9.48. The molecule has 0 aliphatic heterocycles. The van der Waals surface area contributed by atoms with Gasteiger partial charge in [0.05, 0.1) is 5.52 Å². The van der Waals surface area contributed by atoms with Crippen LogP contribution in [0, 0.1) is 12.8 Å². The summed E-state index contributed by atoms with van der Waals surface area (Å²) in [6, 6.07) is 12.1. The van der Waals surface area contributed by atoms with Gasteiger partial charge in [0.25, 0.3) is 5.91 Å². The number of aromatic nitrogens is 1. The Morgan fingerprint density at radius 2 is 1.81 bits per heavy atom. The Kier molecular flexibility index (Phi) is 7.02. The molecule has 31 heavy (non-hydrogen) atoms. The van der Waals surface area contributed by atoms with Gasteiger partial charge in [0.15, 0.2) is 0 Å². The van der Waals surface area contributed by atoms with Crippen LogP contribution in [0.3, 0.4) is 0 Å². The third-order valence-corrected chi connectivity index (χ3v) is 5.25. The molecule has 162 valence electrons.